The van der Waals surface area contributed by atoms with Crippen LogP contribution >= 0.6 is 23.5 Å². The highest BCUT2D eigenvalue weighted by Crippen LogP contribution is 2.70. The van der Waals surface area contributed by atoms with Crippen molar-refractivity contribution in [3.8, 4) is 0 Å². The molecule has 0 radical (unpaired) electrons. The van der Waals surface area contributed by atoms with Gasteiger partial charge in [-0.1, -0.05) is 13.8 Å². The van der Waals surface area contributed by atoms with Gasteiger partial charge in [0.2, 0.25) is 10.0 Å². The fourth-order valence-electron chi connectivity index (χ4n) is 5.17. The zero-order valence-electron chi connectivity index (χ0n) is 14.9. The quantitative estimate of drug-likeness (QED) is 0.312. The molecule has 3 rings (SSSR count). The zero-order valence-corrected chi connectivity index (χ0v) is 17.4. The largest absolute Gasteiger partial charge is 0.271 e. The first kappa shape index (κ1) is 18.6. The van der Waals surface area contributed by atoms with Gasteiger partial charge in [-0.3, -0.25) is 9.79 Å². The molecule has 2 bridgehead atoms. The smallest absolute Gasteiger partial charge is 0.260 e. The van der Waals surface area contributed by atoms with Crippen LogP contribution in [-0.2, 0) is 14.8 Å². The molecule has 1 aliphatic heterocycles. The van der Waals surface area contributed by atoms with Gasteiger partial charge in [-0.05, 0) is 50.0 Å². The van der Waals surface area contributed by atoms with Crippen molar-refractivity contribution >= 4 is 43.8 Å². The number of nitrogens with zero attached hydrogens (tertiary/aromatic N) is 2. The minimum atomic E-state index is -3.55. The van der Waals surface area contributed by atoms with E-state index in [9.17, 15) is 13.2 Å². The number of aliphatic imine (C=N–C) groups is 1. The van der Waals surface area contributed by atoms with Crippen molar-refractivity contribution in [2.24, 2.45) is 21.7 Å². The maximum absolute atomic E-state index is 13.0. The fourth-order valence-corrected chi connectivity index (χ4v) is 8.96. The normalized spacial score (nSPS) is 36.5. The maximum atomic E-state index is 13.0. The molecule has 0 N–H and O–H groups in total. The molecule has 1 spiro atoms. The van der Waals surface area contributed by atoms with E-state index in [2.05, 4.69) is 18.8 Å². The van der Waals surface area contributed by atoms with Gasteiger partial charge in [0.25, 0.3) is 5.91 Å². The molecule has 3 aliphatic rings. The molecule has 1 saturated heterocycles. The van der Waals surface area contributed by atoms with Crippen molar-refractivity contribution in [1.82, 2.24) is 4.31 Å². The number of carbonyl (C=O) groups excluding carboxylic acids is 1. The van der Waals surface area contributed by atoms with E-state index in [1.807, 2.05) is 12.5 Å². The zero-order chi connectivity index (χ0) is 17.9. The van der Waals surface area contributed by atoms with Gasteiger partial charge in [-0.2, -0.15) is 0 Å². The summed E-state index contributed by atoms with van der Waals surface area (Å²) < 4.78 is 27.7. The number of hydrogen-bond acceptors (Lipinski definition) is 6. The Labute approximate surface area is 153 Å². The Morgan fingerprint density at radius 2 is 1.92 bits per heavy atom. The van der Waals surface area contributed by atoms with Crippen LogP contribution in [0, 0.1) is 16.7 Å². The Morgan fingerprint density at radius 3 is 2.46 bits per heavy atom. The summed E-state index contributed by atoms with van der Waals surface area (Å²) in [4.78, 5) is 17.4. The Hall–Kier alpha value is -0.210. The highest BCUT2D eigenvalue weighted by molar-refractivity contribution is 8.38. The van der Waals surface area contributed by atoms with Gasteiger partial charge in [0.1, 0.15) is 10.4 Å². The number of hydrogen-bond donors (Lipinski definition) is 0. The second kappa shape index (κ2) is 5.91. The van der Waals surface area contributed by atoms with Crippen LogP contribution in [0.15, 0.2) is 4.99 Å². The van der Waals surface area contributed by atoms with Gasteiger partial charge in [0.15, 0.2) is 0 Å². The molecular weight excluding hydrogens is 367 g/mol. The lowest BCUT2D eigenvalue weighted by Gasteiger charge is -2.37. The van der Waals surface area contributed by atoms with Gasteiger partial charge in [0, 0.05) is 5.41 Å². The fraction of sp³-hybridized carbons (Fsp3) is 0.875. The SMILES string of the molecule is CSC(=[15N][13C@@H](C)[13C](=O)N1[C@@H]2C[C@H]3CC[C@]2(CS1(=O)=O)C3(C)C)SC. The highest BCUT2D eigenvalue weighted by Gasteiger charge is 2.72. The average Bonchev–Trinajstić information content (AvgIpc) is 2.98. The Bertz CT molecular complexity index is 683. The molecule has 1 amide bonds. The second-order valence-electron chi connectivity index (χ2n) is 7.73. The van der Waals surface area contributed by atoms with Crippen LogP contribution in [0.25, 0.3) is 0 Å². The van der Waals surface area contributed by atoms with Crippen molar-refractivity contribution in [2.45, 2.75) is 52.1 Å². The number of rotatable bonds is 2. The molecule has 24 heavy (non-hydrogen) atoms. The predicted octanol–water partition coefficient (Wildman–Crippen LogP) is 2.82. The number of amides is 1. The predicted molar refractivity (Wildman–Crippen MR) is 102 cm³/mol. The Kier molecular flexibility index (Phi) is 4.57. The first-order valence-electron chi connectivity index (χ1n) is 8.32. The van der Waals surface area contributed by atoms with Crippen LogP contribution in [0.5, 0.6) is 0 Å². The number of thioether (sulfide) groups is 2. The second-order valence-corrected chi connectivity index (χ2v) is 11.4. The van der Waals surface area contributed by atoms with Crippen LogP contribution in [0.4, 0.5) is 0 Å². The van der Waals surface area contributed by atoms with E-state index >= 15 is 0 Å². The maximum Gasteiger partial charge on any atom is 0.260 e. The lowest BCUT2D eigenvalue weighted by Crippen LogP contribution is -2.46. The minimum Gasteiger partial charge on any atom is -0.271 e. The van der Waals surface area contributed by atoms with Gasteiger partial charge >= 0.3 is 0 Å². The molecule has 3 fully saturated rings. The molecule has 0 aromatic rings. The van der Waals surface area contributed by atoms with E-state index in [4.69, 9.17) is 0 Å². The van der Waals surface area contributed by atoms with Crippen LogP contribution in [0.1, 0.15) is 40.0 Å². The van der Waals surface area contributed by atoms with Gasteiger partial charge in [0.05, 0.1) is 11.8 Å². The molecule has 4 atom stereocenters. The lowest BCUT2D eigenvalue weighted by atomic mass is 9.69. The van der Waals surface area contributed by atoms with E-state index in [-0.39, 0.29) is 28.5 Å². The van der Waals surface area contributed by atoms with E-state index in [1.54, 1.807) is 6.92 Å². The summed E-state index contributed by atoms with van der Waals surface area (Å²) in [6.45, 7) is 6.08. The van der Waals surface area contributed by atoms with E-state index in [0.717, 1.165) is 23.6 Å². The monoisotopic (exact) mass is 393 g/mol. The molecule has 2 aliphatic carbocycles. The lowest BCUT2D eigenvalue weighted by molar-refractivity contribution is -0.129. The molecule has 2 saturated carbocycles. The van der Waals surface area contributed by atoms with E-state index in [0.29, 0.717) is 5.92 Å². The third-order valence-electron chi connectivity index (χ3n) is 6.63. The first-order valence-corrected chi connectivity index (χ1v) is 12.4. The van der Waals surface area contributed by atoms with Crippen LogP contribution in [0.3, 0.4) is 0 Å². The third kappa shape index (κ3) is 2.39. The average molecular weight is 394 g/mol. The van der Waals surface area contributed by atoms with Crippen molar-refractivity contribution in [1.29, 1.82) is 0 Å². The van der Waals surface area contributed by atoms with Crippen molar-refractivity contribution < 1.29 is 13.2 Å². The summed E-state index contributed by atoms with van der Waals surface area (Å²) in [6.07, 6.45) is 6.63. The van der Waals surface area contributed by atoms with Crippen LogP contribution in [-0.4, -0.2) is 53.4 Å². The summed E-state index contributed by atoms with van der Waals surface area (Å²) in [5.74, 6) is 0.273. The van der Waals surface area contributed by atoms with Crippen molar-refractivity contribution in [2.75, 3.05) is 18.3 Å². The standard InChI is InChI=1S/C16H26N2O3S3/c1-10(17-14(22-4)23-5)13(19)18-12-8-11-6-7-16(12,15(11,2)3)9-24(18,20)21/h10-12H,6-9H2,1-5H3/t10-,11+,12+,16+/m0/s1/i10+1,13+1,17+1. The molecule has 0 aromatic heterocycles. The molecule has 0 aromatic carbocycles. The van der Waals surface area contributed by atoms with Crippen LogP contribution < -0.4 is 0 Å². The minimum absolute atomic E-state index is 0.0179. The summed E-state index contributed by atoms with van der Waals surface area (Å²) in [5.41, 5.74) is -0.284. The first-order chi connectivity index (χ1) is 11.1. The van der Waals surface area contributed by atoms with E-state index < -0.39 is 16.1 Å². The van der Waals surface area contributed by atoms with Gasteiger partial charge in [-0.15, -0.1) is 23.5 Å². The third-order valence-corrected chi connectivity index (χ3v) is 10.5. The molecule has 1 heterocycles. The number of fused-ring (bicyclic) bond motifs is 1. The summed E-state index contributed by atoms with van der Waals surface area (Å²) in [6, 6.07) is -0.833. The Balaban J connectivity index is 1.94. The Morgan fingerprint density at radius 1 is 1.29 bits per heavy atom. The van der Waals surface area contributed by atoms with Crippen molar-refractivity contribution in [3.05, 3.63) is 0 Å². The molecule has 5 nitrogen and oxygen atoms in total. The summed E-state index contributed by atoms with van der Waals surface area (Å²) in [7, 11) is -3.55. The molecule has 0 unspecified atom stereocenters. The van der Waals surface area contributed by atoms with Gasteiger partial charge < -0.3 is 0 Å². The molecule has 8 heteroatoms. The van der Waals surface area contributed by atoms with Crippen molar-refractivity contribution in [3.63, 3.8) is 0 Å². The molecular formula is C16H26N2O3S3. The number of carbonyl (C=O) groups is 1. The summed E-state index contributed by atoms with van der Waals surface area (Å²) in [5, 5.41) is 0. The highest BCUT2D eigenvalue weighted by atomic mass is 32.2. The molecule has 136 valence electrons. The topological polar surface area (TPSA) is 66.8 Å². The summed E-state index contributed by atoms with van der Waals surface area (Å²) >= 11 is 2.96. The van der Waals surface area contributed by atoms with Crippen LogP contribution in [0.2, 0.25) is 0 Å². The van der Waals surface area contributed by atoms with Gasteiger partial charge in [-0.25, -0.2) is 12.7 Å². The number of sulfonamides is 1. The van der Waals surface area contributed by atoms with E-state index in [1.165, 1.54) is 27.8 Å².